The van der Waals surface area contributed by atoms with Crippen LogP contribution in [0.2, 0.25) is 0 Å². The lowest BCUT2D eigenvalue weighted by Crippen LogP contribution is -2.14. The van der Waals surface area contributed by atoms with E-state index in [1.54, 1.807) is 30.9 Å². The van der Waals surface area contributed by atoms with E-state index in [9.17, 15) is 4.79 Å². The Labute approximate surface area is 134 Å². The lowest BCUT2D eigenvalue weighted by molar-refractivity contribution is 0.102. The predicted octanol–water partition coefficient (Wildman–Crippen LogP) is 3.41. The molecule has 0 aliphatic rings. The van der Waals surface area contributed by atoms with Gasteiger partial charge in [-0.25, -0.2) is 4.98 Å². The van der Waals surface area contributed by atoms with E-state index in [2.05, 4.69) is 20.3 Å². The van der Waals surface area contributed by atoms with Gasteiger partial charge in [0, 0.05) is 23.5 Å². The van der Waals surface area contributed by atoms with Gasteiger partial charge in [-0.1, -0.05) is 24.3 Å². The Morgan fingerprint density at radius 1 is 0.957 bits per heavy atom. The SMILES string of the molecule is Cc1cnccc1C(=O)Nc1cnc(-c2ccccc2C)cn1. The third kappa shape index (κ3) is 3.23. The number of amides is 1. The normalized spacial score (nSPS) is 10.3. The highest BCUT2D eigenvalue weighted by Crippen LogP contribution is 2.20. The Hall–Kier alpha value is -3.08. The maximum absolute atomic E-state index is 12.2. The van der Waals surface area contributed by atoms with E-state index >= 15 is 0 Å². The van der Waals surface area contributed by atoms with Crippen molar-refractivity contribution in [3.05, 3.63) is 71.8 Å². The Morgan fingerprint density at radius 2 is 1.78 bits per heavy atom. The summed E-state index contributed by atoms with van der Waals surface area (Å²) in [7, 11) is 0. The Bertz CT molecular complexity index is 844. The average molecular weight is 304 g/mol. The maximum atomic E-state index is 12.2. The summed E-state index contributed by atoms with van der Waals surface area (Å²) < 4.78 is 0. The molecular formula is C18H16N4O. The molecule has 0 spiro atoms. The van der Waals surface area contributed by atoms with Gasteiger partial charge in [-0.2, -0.15) is 0 Å². The lowest BCUT2D eigenvalue weighted by atomic mass is 10.1. The summed E-state index contributed by atoms with van der Waals surface area (Å²) in [6, 6.07) is 9.65. The minimum atomic E-state index is -0.220. The predicted molar refractivity (Wildman–Crippen MR) is 89.1 cm³/mol. The topological polar surface area (TPSA) is 67.8 Å². The Kier molecular flexibility index (Phi) is 4.10. The largest absolute Gasteiger partial charge is 0.305 e. The fourth-order valence-electron chi connectivity index (χ4n) is 2.30. The van der Waals surface area contributed by atoms with Crippen LogP contribution in [0.1, 0.15) is 21.5 Å². The molecule has 0 aliphatic heterocycles. The first kappa shape index (κ1) is 14.8. The molecule has 0 unspecified atom stereocenters. The van der Waals surface area contributed by atoms with Gasteiger partial charge in [0.05, 0.1) is 18.1 Å². The highest BCUT2D eigenvalue weighted by molar-refractivity contribution is 6.04. The summed E-state index contributed by atoms with van der Waals surface area (Å²) >= 11 is 0. The second-order valence-corrected chi connectivity index (χ2v) is 5.25. The number of aromatic nitrogens is 3. The number of hydrogen-bond donors (Lipinski definition) is 1. The number of hydrogen-bond acceptors (Lipinski definition) is 4. The molecule has 0 saturated heterocycles. The van der Waals surface area contributed by atoms with Crippen molar-refractivity contribution < 1.29 is 4.79 Å². The van der Waals surface area contributed by atoms with Gasteiger partial charge in [-0.05, 0) is 31.0 Å². The van der Waals surface area contributed by atoms with Gasteiger partial charge in [-0.3, -0.25) is 14.8 Å². The first-order valence-electron chi connectivity index (χ1n) is 7.25. The van der Waals surface area contributed by atoms with Crippen molar-refractivity contribution >= 4 is 11.7 Å². The van der Waals surface area contributed by atoms with Gasteiger partial charge in [-0.15, -0.1) is 0 Å². The van der Waals surface area contributed by atoms with E-state index < -0.39 is 0 Å². The zero-order valence-corrected chi connectivity index (χ0v) is 12.9. The molecule has 114 valence electrons. The van der Waals surface area contributed by atoms with Gasteiger partial charge in [0.25, 0.3) is 5.91 Å². The molecule has 0 saturated carbocycles. The molecule has 3 aromatic rings. The zero-order chi connectivity index (χ0) is 16.2. The molecule has 5 heteroatoms. The third-order valence-corrected chi connectivity index (χ3v) is 3.58. The van der Waals surface area contributed by atoms with Crippen molar-refractivity contribution in [2.24, 2.45) is 0 Å². The molecule has 3 rings (SSSR count). The summed E-state index contributed by atoms with van der Waals surface area (Å²) in [6.07, 6.45) is 6.48. The molecule has 0 atom stereocenters. The van der Waals surface area contributed by atoms with Crippen molar-refractivity contribution in [1.82, 2.24) is 15.0 Å². The van der Waals surface area contributed by atoms with Crippen LogP contribution in [0.15, 0.2) is 55.1 Å². The van der Waals surface area contributed by atoms with Crippen LogP contribution in [-0.2, 0) is 0 Å². The second kappa shape index (κ2) is 6.36. The van der Waals surface area contributed by atoms with Crippen LogP contribution >= 0.6 is 0 Å². The summed E-state index contributed by atoms with van der Waals surface area (Å²) in [6.45, 7) is 3.87. The Morgan fingerprint density at radius 3 is 2.48 bits per heavy atom. The standard InChI is InChI=1S/C18H16N4O/c1-12-5-3-4-6-14(12)16-10-21-17(11-20-16)22-18(23)15-7-8-19-9-13(15)2/h3-11H,1-2H3,(H,21,22,23). The molecule has 1 amide bonds. The van der Waals surface area contributed by atoms with Crippen LogP contribution in [0, 0.1) is 13.8 Å². The monoisotopic (exact) mass is 304 g/mol. The molecule has 0 aliphatic carbocycles. The summed E-state index contributed by atoms with van der Waals surface area (Å²) in [5.74, 6) is 0.200. The molecule has 0 radical (unpaired) electrons. The number of pyridine rings is 1. The minimum absolute atomic E-state index is 0.220. The molecule has 0 bridgehead atoms. The zero-order valence-electron chi connectivity index (χ0n) is 12.9. The number of nitrogens with zero attached hydrogens (tertiary/aromatic N) is 3. The molecule has 5 nitrogen and oxygen atoms in total. The molecule has 1 aromatic carbocycles. The van der Waals surface area contributed by atoms with E-state index in [1.165, 1.54) is 0 Å². The number of carbonyl (C=O) groups excluding carboxylic acids is 1. The van der Waals surface area contributed by atoms with E-state index in [0.29, 0.717) is 11.4 Å². The molecule has 2 heterocycles. The number of rotatable bonds is 3. The third-order valence-electron chi connectivity index (χ3n) is 3.58. The molecule has 0 fully saturated rings. The number of benzene rings is 1. The van der Waals surface area contributed by atoms with Gasteiger partial charge in [0.15, 0.2) is 5.82 Å². The highest BCUT2D eigenvalue weighted by atomic mass is 16.1. The van der Waals surface area contributed by atoms with Crippen LogP contribution in [-0.4, -0.2) is 20.9 Å². The number of nitrogens with one attached hydrogen (secondary N) is 1. The first-order chi connectivity index (χ1) is 11.1. The van der Waals surface area contributed by atoms with Gasteiger partial charge >= 0.3 is 0 Å². The highest BCUT2D eigenvalue weighted by Gasteiger charge is 2.10. The lowest BCUT2D eigenvalue weighted by Gasteiger charge is -2.08. The average Bonchev–Trinajstić information content (AvgIpc) is 2.56. The quantitative estimate of drug-likeness (QED) is 0.805. The summed E-state index contributed by atoms with van der Waals surface area (Å²) in [4.78, 5) is 24.9. The van der Waals surface area contributed by atoms with Crippen LogP contribution in [0.3, 0.4) is 0 Å². The number of aryl methyl sites for hydroxylation is 2. The fraction of sp³-hybridized carbons (Fsp3) is 0.111. The van der Waals surface area contributed by atoms with Gasteiger partial charge in [0.2, 0.25) is 0 Å². The van der Waals surface area contributed by atoms with Crippen molar-refractivity contribution in [3.8, 4) is 11.3 Å². The van der Waals surface area contributed by atoms with E-state index in [1.807, 2.05) is 38.1 Å². The van der Waals surface area contributed by atoms with Gasteiger partial charge < -0.3 is 5.32 Å². The van der Waals surface area contributed by atoms with E-state index in [-0.39, 0.29) is 5.91 Å². The van der Waals surface area contributed by atoms with Crippen LogP contribution in [0.4, 0.5) is 5.82 Å². The van der Waals surface area contributed by atoms with Gasteiger partial charge in [0.1, 0.15) is 0 Å². The molecular weight excluding hydrogens is 288 g/mol. The van der Waals surface area contributed by atoms with Crippen LogP contribution in [0.25, 0.3) is 11.3 Å². The van der Waals surface area contributed by atoms with E-state index in [4.69, 9.17) is 0 Å². The Balaban J connectivity index is 1.80. The van der Waals surface area contributed by atoms with Crippen LogP contribution < -0.4 is 5.32 Å². The fourth-order valence-corrected chi connectivity index (χ4v) is 2.30. The molecule has 2 aromatic heterocycles. The summed E-state index contributed by atoms with van der Waals surface area (Å²) in [5.41, 5.74) is 4.33. The first-order valence-corrected chi connectivity index (χ1v) is 7.25. The van der Waals surface area contributed by atoms with Crippen molar-refractivity contribution in [3.63, 3.8) is 0 Å². The van der Waals surface area contributed by atoms with Crippen molar-refractivity contribution in [2.75, 3.05) is 5.32 Å². The number of carbonyl (C=O) groups is 1. The smallest absolute Gasteiger partial charge is 0.257 e. The second-order valence-electron chi connectivity index (χ2n) is 5.25. The molecule has 1 N–H and O–H groups in total. The number of anilines is 1. The van der Waals surface area contributed by atoms with E-state index in [0.717, 1.165) is 22.4 Å². The van der Waals surface area contributed by atoms with Crippen molar-refractivity contribution in [2.45, 2.75) is 13.8 Å². The van der Waals surface area contributed by atoms with Crippen LogP contribution in [0.5, 0.6) is 0 Å². The van der Waals surface area contributed by atoms with Crippen molar-refractivity contribution in [1.29, 1.82) is 0 Å². The molecule has 23 heavy (non-hydrogen) atoms. The summed E-state index contributed by atoms with van der Waals surface area (Å²) in [5, 5.41) is 2.75. The maximum Gasteiger partial charge on any atom is 0.257 e. The minimum Gasteiger partial charge on any atom is -0.305 e.